The SMILES string of the molecule is Cc1ccccc1S(=O)(=O)Nc1ccc(NCc2ccncc2)cn1. The van der Waals surface area contributed by atoms with E-state index >= 15 is 0 Å². The minimum atomic E-state index is -3.65. The molecule has 6 nitrogen and oxygen atoms in total. The Morgan fingerprint density at radius 2 is 1.76 bits per heavy atom. The van der Waals surface area contributed by atoms with E-state index in [-0.39, 0.29) is 10.7 Å². The molecule has 0 unspecified atom stereocenters. The number of hydrogen-bond acceptors (Lipinski definition) is 5. The zero-order valence-electron chi connectivity index (χ0n) is 13.7. The quantitative estimate of drug-likeness (QED) is 0.710. The Bertz CT molecular complexity index is 942. The van der Waals surface area contributed by atoms with Crippen molar-refractivity contribution in [1.29, 1.82) is 0 Å². The number of sulfonamides is 1. The van der Waals surface area contributed by atoms with Crippen LogP contribution in [0.3, 0.4) is 0 Å². The van der Waals surface area contributed by atoms with E-state index in [1.165, 1.54) is 0 Å². The molecule has 0 aliphatic heterocycles. The molecule has 0 saturated carbocycles. The van der Waals surface area contributed by atoms with E-state index in [4.69, 9.17) is 0 Å². The van der Waals surface area contributed by atoms with Crippen molar-refractivity contribution >= 4 is 21.5 Å². The van der Waals surface area contributed by atoms with Crippen molar-refractivity contribution in [2.45, 2.75) is 18.4 Å². The van der Waals surface area contributed by atoms with Gasteiger partial charge in [0.25, 0.3) is 10.0 Å². The minimum absolute atomic E-state index is 0.247. The summed E-state index contributed by atoms with van der Waals surface area (Å²) in [7, 11) is -3.65. The number of hydrogen-bond donors (Lipinski definition) is 2. The van der Waals surface area contributed by atoms with Crippen molar-refractivity contribution in [2.75, 3.05) is 10.0 Å². The molecule has 0 aliphatic carbocycles. The molecule has 3 aromatic rings. The van der Waals surface area contributed by atoms with Crippen LogP contribution in [-0.4, -0.2) is 18.4 Å². The van der Waals surface area contributed by atoms with E-state index in [1.807, 2.05) is 12.1 Å². The van der Waals surface area contributed by atoms with Crippen LogP contribution in [0.15, 0.2) is 72.0 Å². The second-order valence-corrected chi connectivity index (χ2v) is 7.16. The first-order chi connectivity index (χ1) is 12.0. The topological polar surface area (TPSA) is 84.0 Å². The molecule has 2 heterocycles. The second-order valence-electron chi connectivity index (χ2n) is 5.51. The first-order valence-corrected chi connectivity index (χ1v) is 9.20. The van der Waals surface area contributed by atoms with Gasteiger partial charge in [0.15, 0.2) is 0 Å². The van der Waals surface area contributed by atoms with Crippen LogP contribution in [0.1, 0.15) is 11.1 Å². The molecule has 128 valence electrons. The molecule has 0 saturated heterocycles. The van der Waals surface area contributed by atoms with Crippen molar-refractivity contribution in [1.82, 2.24) is 9.97 Å². The molecule has 3 rings (SSSR count). The van der Waals surface area contributed by atoms with Crippen LogP contribution in [0.2, 0.25) is 0 Å². The van der Waals surface area contributed by atoms with E-state index in [2.05, 4.69) is 20.0 Å². The van der Waals surface area contributed by atoms with Gasteiger partial charge in [-0.1, -0.05) is 18.2 Å². The number of anilines is 2. The molecule has 0 bridgehead atoms. The fourth-order valence-electron chi connectivity index (χ4n) is 2.31. The van der Waals surface area contributed by atoms with Gasteiger partial charge in [-0.15, -0.1) is 0 Å². The summed E-state index contributed by atoms with van der Waals surface area (Å²) in [5.74, 6) is 0.276. The summed E-state index contributed by atoms with van der Waals surface area (Å²) in [6.07, 6.45) is 5.06. The molecular weight excluding hydrogens is 336 g/mol. The highest BCUT2D eigenvalue weighted by molar-refractivity contribution is 7.92. The fourth-order valence-corrected chi connectivity index (χ4v) is 3.57. The van der Waals surface area contributed by atoms with Crippen LogP contribution in [0.4, 0.5) is 11.5 Å². The van der Waals surface area contributed by atoms with Crippen molar-refractivity contribution < 1.29 is 8.42 Å². The molecule has 0 aliphatic rings. The summed E-state index contributed by atoms with van der Waals surface area (Å²) in [5, 5.41) is 3.22. The molecule has 0 spiro atoms. The molecule has 0 radical (unpaired) electrons. The normalized spacial score (nSPS) is 11.1. The highest BCUT2D eigenvalue weighted by Gasteiger charge is 2.16. The third-order valence-electron chi connectivity index (χ3n) is 3.63. The third-order valence-corrected chi connectivity index (χ3v) is 5.15. The zero-order chi connectivity index (χ0) is 17.7. The van der Waals surface area contributed by atoms with Gasteiger partial charge in [-0.05, 0) is 48.4 Å². The van der Waals surface area contributed by atoms with Gasteiger partial charge in [0.1, 0.15) is 5.82 Å². The molecule has 1 aromatic carbocycles. The standard InChI is InChI=1S/C18H18N4O2S/c1-14-4-2-3-5-17(14)25(23,24)22-18-7-6-16(13-21-18)20-12-15-8-10-19-11-9-15/h2-11,13,20H,12H2,1H3,(H,21,22). The van der Waals surface area contributed by atoms with Crippen molar-refractivity contribution in [2.24, 2.45) is 0 Å². The van der Waals surface area contributed by atoms with Gasteiger partial charge in [-0.25, -0.2) is 13.4 Å². The van der Waals surface area contributed by atoms with Crippen LogP contribution in [-0.2, 0) is 16.6 Å². The van der Waals surface area contributed by atoms with Gasteiger partial charge in [0, 0.05) is 18.9 Å². The second kappa shape index (κ2) is 7.31. The van der Waals surface area contributed by atoms with Crippen molar-refractivity contribution in [3.8, 4) is 0 Å². The summed E-state index contributed by atoms with van der Waals surface area (Å²) < 4.78 is 27.4. The van der Waals surface area contributed by atoms with E-state index in [0.717, 1.165) is 11.3 Å². The number of nitrogens with one attached hydrogen (secondary N) is 2. The summed E-state index contributed by atoms with van der Waals surface area (Å²) in [4.78, 5) is 8.39. The van der Waals surface area contributed by atoms with Gasteiger partial charge >= 0.3 is 0 Å². The zero-order valence-corrected chi connectivity index (χ0v) is 14.5. The maximum absolute atomic E-state index is 12.4. The lowest BCUT2D eigenvalue weighted by molar-refractivity contribution is 0.600. The Kier molecular flexibility index (Phi) is 4.95. The van der Waals surface area contributed by atoms with E-state index in [1.54, 1.807) is 61.9 Å². The maximum atomic E-state index is 12.4. The molecule has 0 amide bonds. The monoisotopic (exact) mass is 354 g/mol. The lowest BCUT2D eigenvalue weighted by Gasteiger charge is -2.10. The Morgan fingerprint density at radius 3 is 2.44 bits per heavy atom. The highest BCUT2D eigenvalue weighted by atomic mass is 32.2. The number of aromatic nitrogens is 2. The van der Waals surface area contributed by atoms with E-state index < -0.39 is 10.0 Å². The van der Waals surface area contributed by atoms with Crippen molar-refractivity contribution in [3.63, 3.8) is 0 Å². The summed E-state index contributed by atoms with van der Waals surface area (Å²) in [6, 6.07) is 14.1. The lowest BCUT2D eigenvalue weighted by Crippen LogP contribution is -2.15. The van der Waals surface area contributed by atoms with Crippen LogP contribution in [0.5, 0.6) is 0 Å². The smallest absolute Gasteiger partial charge is 0.263 e. The van der Waals surface area contributed by atoms with E-state index in [9.17, 15) is 8.42 Å². The van der Waals surface area contributed by atoms with E-state index in [0.29, 0.717) is 12.1 Å². The van der Waals surface area contributed by atoms with Gasteiger partial charge in [-0.2, -0.15) is 0 Å². The first kappa shape index (κ1) is 16.9. The molecule has 7 heteroatoms. The minimum Gasteiger partial charge on any atom is -0.380 e. The molecular formula is C18H18N4O2S. The summed E-state index contributed by atoms with van der Waals surface area (Å²) in [5.41, 5.74) is 2.58. The number of benzene rings is 1. The molecule has 2 N–H and O–H groups in total. The summed E-state index contributed by atoms with van der Waals surface area (Å²) >= 11 is 0. The Balaban J connectivity index is 1.67. The fraction of sp³-hybridized carbons (Fsp3) is 0.111. The van der Waals surface area contributed by atoms with Crippen LogP contribution >= 0.6 is 0 Å². The van der Waals surface area contributed by atoms with Crippen LogP contribution < -0.4 is 10.0 Å². The average Bonchev–Trinajstić information content (AvgIpc) is 2.62. The predicted molar refractivity (Wildman–Crippen MR) is 97.8 cm³/mol. The third kappa shape index (κ3) is 4.33. The number of nitrogens with zero attached hydrogens (tertiary/aromatic N) is 2. The van der Waals surface area contributed by atoms with Gasteiger partial charge in [0.05, 0.1) is 16.8 Å². The van der Waals surface area contributed by atoms with Crippen molar-refractivity contribution in [3.05, 3.63) is 78.2 Å². The largest absolute Gasteiger partial charge is 0.380 e. The van der Waals surface area contributed by atoms with Gasteiger partial charge in [-0.3, -0.25) is 9.71 Å². The Labute approximate surface area is 147 Å². The highest BCUT2D eigenvalue weighted by Crippen LogP contribution is 2.19. The van der Waals surface area contributed by atoms with Crippen LogP contribution in [0.25, 0.3) is 0 Å². The molecule has 25 heavy (non-hydrogen) atoms. The maximum Gasteiger partial charge on any atom is 0.263 e. The Morgan fingerprint density at radius 1 is 1.00 bits per heavy atom. The van der Waals surface area contributed by atoms with Crippen LogP contribution in [0, 0.1) is 6.92 Å². The predicted octanol–water partition coefficient (Wildman–Crippen LogP) is 3.20. The molecule has 0 atom stereocenters. The van der Waals surface area contributed by atoms with Gasteiger partial charge in [0.2, 0.25) is 0 Å². The molecule has 0 fully saturated rings. The average molecular weight is 354 g/mol. The number of aryl methyl sites for hydroxylation is 1. The summed E-state index contributed by atoms with van der Waals surface area (Å²) in [6.45, 7) is 2.40. The lowest BCUT2D eigenvalue weighted by atomic mass is 10.2. The van der Waals surface area contributed by atoms with Gasteiger partial charge < -0.3 is 5.32 Å². The number of pyridine rings is 2. The molecule has 2 aromatic heterocycles. The Hall–Kier alpha value is -2.93. The first-order valence-electron chi connectivity index (χ1n) is 7.72. The number of rotatable bonds is 6.